The topological polar surface area (TPSA) is 12.0 Å². The molecule has 0 heterocycles. The molecule has 0 amide bonds. The van der Waals surface area contributed by atoms with E-state index in [1.807, 2.05) is 0 Å². The van der Waals surface area contributed by atoms with E-state index in [0.717, 1.165) is 23.4 Å². The summed E-state index contributed by atoms with van der Waals surface area (Å²) in [7, 11) is 0. The van der Waals surface area contributed by atoms with E-state index < -0.39 is 0 Å². The van der Waals surface area contributed by atoms with Crippen LogP contribution in [0, 0.1) is 18.8 Å². The van der Waals surface area contributed by atoms with E-state index in [-0.39, 0.29) is 0 Å². The molecule has 1 fully saturated rings. The summed E-state index contributed by atoms with van der Waals surface area (Å²) >= 11 is 6.33. The van der Waals surface area contributed by atoms with Crippen molar-refractivity contribution in [3.8, 4) is 0 Å². The minimum Gasteiger partial charge on any atom is -0.310 e. The second kappa shape index (κ2) is 7.47. The van der Waals surface area contributed by atoms with E-state index in [0.29, 0.717) is 6.04 Å². The van der Waals surface area contributed by atoms with Crippen LogP contribution in [0.5, 0.6) is 0 Å². The summed E-state index contributed by atoms with van der Waals surface area (Å²) in [5.41, 5.74) is 2.53. The Morgan fingerprint density at radius 2 is 2.10 bits per heavy atom. The zero-order valence-corrected chi connectivity index (χ0v) is 13.8. The molecule has 0 aromatic heterocycles. The smallest absolute Gasteiger partial charge is 0.0438 e. The molecule has 0 spiro atoms. The number of rotatable bonds is 5. The van der Waals surface area contributed by atoms with Crippen LogP contribution in [0.2, 0.25) is 5.02 Å². The molecule has 1 nitrogen and oxygen atoms in total. The molecule has 2 rings (SSSR count). The molecule has 1 aliphatic carbocycles. The van der Waals surface area contributed by atoms with Crippen molar-refractivity contribution in [2.45, 2.75) is 58.9 Å². The third kappa shape index (κ3) is 3.77. The fourth-order valence-electron chi connectivity index (χ4n) is 3.59. The van der Waals surface area contributed by atoms with Crippen LogP contribution >= 0.6 is 11.6 Å². The molecule has 3 unspecified atom stereocenters. The van der Waals surface area contributed by atoms with Gasteiger partial charge in [-0.1, -0.05) is 56.8 Å². The average molecular weight is 294 g/mol. The predicted octanol–water partition coefficient (Wildman–Crippen LogP) is 5.52. The van der Waals surface area contributed by atoms with Crippen molar-refractivity contribution in [2.75, 3.05) is 6.54 Å². The molecule has 0 saturated heterocycles. The van der Waals surface area contributed by atoms with Crippen molar-refractivity contribution in [3.63, 3.8) is 0 Å². The molecule has 20 heavy (non-hydrogen) atoms. The molecule has 0 radical (unpaired) electrons. The number of hydrogen-bond donors (Lipinski definition) is 1. The highest BCUT2D eigenvalue weighted by Gasteiger charge is 2.28. The van der Waals surface area contributed by atoms with Crippen molar-refractivity contribution >= 4 is 11.6 Å². The molecule has 1 aliphatic rings. The van der Waals surface area contributed by atoms with Crippen molar-refractivity contribution in [3.05, 3.63) is 34.3 Å². The molecule has 1 N–H and O–H groups in total. The molecule has 0 aliphatic heterocycles. The summed E-state index contributed by atoms with van der Waals surface area (Å²) in [5.74, 6) is 1.67. The number of nitrogens with one attached hydrogen (secondary N) is 1. The largest absolute Gasteiger partial charge is 0.310 e. The van der Waals surface area contributed by atoms with Crippen molar-refractivity contribution in [1.82, 2.24) is 5.32 Å². The van der Waals surface area contributed by atoms with E-state index in [4.69, 9.17) is 11.6 Å². The quantitative estimate of drug-likeness (QED) is 0.754. The lowest BCUT2D eigenvalue weighted by atomic mass is 9.75. The Balaban J connectivity index is 2.18. The number of hydrogen-bond acceptors (Lipinski definition) is 1. The van der Waals surface area contributed by atoms with Crippen LogP contribution in [0.25, 0.3) is 0 Å². The highest BCUT2D eigenvalue weighted by Crippen LogP contribution is 2.39. The standard InChI is InChI=1S/C18H28ClN/c1-4-14-7-6-8-15(11-14)18(20-5-2)16-10-9-13(3)17(19)12-16/h9-10,12,14-15,18,20H,4-8,11H2,1-3H3. The maximum atomic E-state index is 6.33. The Bertz CT molecular complexity index is 429. The van der Waals surface area contributed by atoms with Gasteiger partial charge in [0.15, 0.2) is 0 Å². The van der Waals surface area contributed by atoms with Gasteiger partial charge < -0.3 is 5.32 Å². The Morgan fingerprint density at radius 1 is 1.30 bits per heavy atom. The zero-order chi connectivity index (χ0) is 14.5. The maximum absolute atomic E-state index is 6.33. The zero-order valence-electron chi connectivity index (χ0n) is 13.1. The number of halogens is 1. The van der Waals surface area contributed by atoms with Gasteiger partial charge in [0.2, 0.25) is 0 Å². The fourth-order valence-corrected chi connectivity index (χ4v) is 3.77. The second-order valence-electron chi connectivity index (χ2n) is 6.24. The molecular weight excluding hydrogens is 266 g/mol. The van der Waals surface area contributed by atoms with Crippen LogP contribution < -0.4 is 5.32 Å². The average Bonchev–Trinajstić information content (AvgIpc) is 2.48. The van der Waals surface area contributed by atoms with E-state index in [1.165, 1.54) is 43.2 Å². The van der Waals surface area contributed by atoms with Gasteiger partial charge in [-0.05, 0) is 55.3 Å². The summed E-state index contributed by atoms with van der Waals surface area (Å²) in [6.45, 7) is 7.62. The highest BCUT2D eigenvalue weighted by molar-refractivity contribution is 6.31. The van der Waals surface area contributed by atoms with Gasteiger partial charge in [-0.2, -0.15) is 0 Å². The van der Waals surface area contributed by atoms with Gasteiger partial charge in [0.25, 0.3) is 0 Å². The van der Waals surface area contributed by atoms with Crippen LogP contribution in [-0.2, 0) is 0 Å². The van der Waals surface area contributed by atoms with Gasteiger partial charge in [-0.3, -0.25) is 0 Å². The van der Waals surface area contributed by atoms with Crippen LogP contribution in [0.1, 0.15) is 63.1 Å². The van der Waals surface area contributed by atoms with Gasteiger partial charge in [0.1, 0.15) is 0 Å². The monoisotopic (exact) mass is 293 g/mol. The molecule has 0 bridgehead atoms. The lowest BCUT2D eigenvalue weighted by Gasteiger charge is -2.35. The van der Waals surface area contributed by atoms with Gasteiger partial charge in [-0.25, -0.2) is 0 Å². The van der Waals surface area contributed by atoms with Crippen molar-refractivity contribution in [1.29, 1.82) is 0 Å². The van der Waals surface area contributed by atoms with E-state index >= 15 is 0 Å². The molecule has 112 valence electrons. The summed E-state index contributed by atoms with van der Waals surface area (Å²) in [6, 6.07) is 7.04. The SMILES string of the molecule is CCNC(c1ccc(C)c(Cl)c1)C1CCCC(CC)C1. The van der Waals surface area contributed by atoms with Gasteiger partial charge in [-0.15, -0.1) is 0 Å². The summed E-state index contributed by atoms with van der Waals surface area (Å²) in [6.07, 6.45) is 6.83. The lowest BCUT2D eigenvalue weighted by Crippen LogP contribution is -2.31. The number of benzene rings is 1. The molecule has 3 atom stereocenters. The van der Waals surface area contributed by atoms with Crippen LogP contribution in [-0.4, -0.2) is 6.54 Å². The summed E-state index contributed by atoms with van der Waals surface area (Å²) in [4.78, 5) is 0. The third-order valence-corrected chi connectivity index (χ3v) is 5.26. The first-order valence-electron chi connectivity index (χ1n) is 8.15. The Labute approximate surface area is 129 Å². The maximum Gasteiger partial charge on any atom is 0.0438 e. The minimum absolute atomic E-state index is 0.465. The highest BCUT2D eigenvalue weighted by atomic mass is 35.5. The first-order valence-corrected chi connectivity index (χ1v) is 8.52. The fraction of sp³-hybridized carbons (Fsp3) is 0.667. The molecular formula is C18H28ClN. The van der Waals surface area contributed by atoms with Crippen LogP contribution in [0.4, 0.5) is 0 Å². The van der Waals surface area contributed by atoms with Gasteiger partial charge >= 0.3 is 0 Å². The van der Waals surface area contributed by atoms with Crippen LogP contribution in [0.15, 0.2) is 18.2 Å². The van der Waals surface area contributed by atoms with Gasteiger partial charge in [0.05, 0.1) is 0 Å². The van der Waals surface area contributed by atoms with Crippen molar-refractivity contribution in [2.24, 2.45) is 11.8 Å². The summed E-state index contributed by atoms with van der Waals surface area (Å²) < 4.78 is 0. The van der Waals surface area contributed by atoms with E-state index in [1.54, 1.807) is 0 Å². The molecule has 1 aromatic carbocycles. The molecule has 2 heteroatoms. The Morgan fingerprint density at radius 3 is 2.75 bits per heavy atom. The first-order chi connectivity index (χ1) is 9.65. The summed E-state index contributed by atoms with van der Waals surface area (Å²) in [5, 5.41) is 4.60. The van der Waals surface area contributed by atoms with Gasteiger partial charge in [0, 0.05) is 11.1 Å². The second-order valence-corrected chi connectivity index (χ2v) is 6.65. The minimum atomic E-state index is 0.465. The first kappa shape index (κ1) is 15.9. The van der Waals surface area contributed by atoms with Crippen molar-refractivity contribution < 1.29 is 0 Å². The van der Waals surface area contributed by atoms with Crippen LogP contribution in [0.3, 0.4) is 0 Å². The normalized spacial score (nSPS) is 24.6. The van der Waals surface area contributed by atoms with E-state index in [2.05, 4.69) is 44.3 Å². The Kier molecular flexibility index (Phi) is 5.92. The van der Waals surface area contributed by atoms with E-state index in [9.17, 15) is 0 Å². The molecule has 1 saturated carbocycles. The Hall–Kier alpha value is -0.530. The lowest BCUT2D eigenvalue weighted by molar-refractivity contribution is 0.210. The molecule has 1 aromatic rings. The number of aryl methyl sites for hydroxylation is 1. The predicted molar refractivity (Wildman–Crippen MR) is 88.3 cm³/mol. The third-order valence-electron chi connectivity index (χ3n) is 4.85.